The minimum Gasteiger partial charge on any atom is -0.458 e. The quantitative estimate of drug-likeness (QED) is 0.463. The van der Waals surface area contributed by atoms with E-state index in [1.54, 1.807) is 20.8 Å². The molecule has 1 N–H and O–H groups in total. The Morgan fingerprint density at radius 2 is 1.65 bits per heavy atom. The first-order valence-corrected chi connectivity index (χ1v) is 10.2. The lowest BCUT2D eigenvalue weighted by Gasteiger charge is -2.36. The van der Waals surface area contributed by atoms with Gasteiger partial charge in [-0.15, -0.1) is 0 Å². The number of hydrogen-bond acceptors (Lipinski definition) is 4. The van der Waals surface area contributed by atoms with Gasteiger partial charge in [-0.1, -0.05) is 20.8 Å². The molecule has 0 rings (SSSR count). The van der Waals surface area contributed by atoms with Gasteiger partial charge in [0.15, 0.2) is 14.4 Å². The zero-order valence-corrected chi connectivity index (χ0v) is 15.4. The number of ether oxygens (including phenoxy) is 1. The van der Waals surface area contributed by atoms with E-state index in [2.05, 4.69) is 33.9 Å². The minimum atomic E-state index is -1.74. The summed E-state index contributed by atoms with van der Waals surface area (Å²) in [4.78, 5) is 11.6. The first kappa shape index (κ1) is 19.6. The fourth-order valence-electron chi connectivity index (χ4n) is 1.31. The zero-order chi connectivity index (χ0) is 16.2. The van der Waals surface area contributed by atoms with Crippen molar-refractivity contribution in [3.63, 3.8) is 0 Å². The van der Waals surface area contributed by atoms with Crippen LogP contribution >= 0.6 is 0 Å². The average Bonchev–Trinajstić information content (AvgIpc) is 2.19. The Balaban J connectivity index is 4.05. The normalized spacial score (nSPS) is 15.1. The molecule has 0 unspecified atom stereocenters. The van der Waals surface area contributed by atoms with Gasteiger partial charge in [0, 0.05) is 6.61 Å². The molecule has 0 spiro atoms. The summed E-state index contributed by atoms with van der Waals surface area (Å²) < 4.78 is 11.1. The van der Waals surface area contributed by atoms with Crippen molar-refractivity contribution < 1.29 is 19.1 Å². The minimum absolute atomic E-state index is 0.177. The van der Waals surface area contributed by atoms with Crippen molar-refractivity contribution in [2.24, 2.45) is 0 Å². The van der Waals surface area contributed by atoms with Crippen molar-refractivity contribution in [2.45, 2.75) is 84.2 Å². The molecule has 0 saturated heterocycles. The Kier molecular flexibility index (Phi) is 6.91. The van der Waals surface area contributed by atoms with Crippen molar-refractivity contribution in [2.75, 3.05) is 6.61 Å². The van der Waals surface area contributed by atoms with Crippen molar-refractivity contribution in [1.82, 2.24) is 0 Å². The Labute approximate surface area is 125 Å². The third-order valence-corrected chi connectivity index (χ3v) is 8.11. The fourth-order valence-corrected chi connectivity index (χ4v) is 2.40. The molecule has 0 fully saturated rings. The third kappa shape index (κ3) is 7.41. The van der Waals surface area contributed by atoms with Crippen molar-refractivity contribution in [3.8, 4) is 0 Å². The fraction of sp³-hybridized carbons (Fsp3) is 0.933. The molecule has 0 aliphatic rings. The number of rotatable bonds is 6. The smallest absolute Gasteiger partial charge is 0.335 e. The molecule has 0 aliphatic heterocycles. The number of hydrogen-bond donors (Lipinski definition) is 1. The zero-order valence-electron chi connectivity index (χ0n) is 14.4. The van der Waals surface area contributed by atoms with E-state index in [9.17, 15) is 9.90 Å². The maximum atomic E-state index is 11.6. The topological polar surface area (TPSA) is 55.8 Å². The van der Waals surface area contributed by atoms with Gasteiger partial charge in [-0.25, -0.2) is 4.79 Å². The Bertz CT molecular complexity index is 313. The Morgan fingerprint density at radius 1 is 1.15 bits per heavy atom. The molecule has 0 aromatic rings. The van der Waals surface area contributed by atoms with Crippen LogP contribution in [0, 0.1) is 0 Å². The Morgan fingerprint density at radius 3 is 2.05 bits per heavy atom. The van der Waals surface area contributed by atoms with Gasteiger partial charge in [0.1, 0.15) is 5.60 Å². The van der Waals surface area contributed by atoms with E-state index in [0.29, 0.717) is 19.4 Å². The van der Waals surface area contributed by atoms with Gasteiger partial charge in [0.2, 0.25) is 0 Å². The first-order chi connectivity index (χ1) is 8.76. The third-order valence-electron chi connectivity index (χ3n) is 3.57. The van der Waals surface area contributed by atoms with E-state index < -0.39 is 26.0 Å². The highest BCUT2D eigenvalue weighted by Crippen LogP contribution is 2.36. The average molecular weight is 305 g/mol. The van der Waals surface area contributed by atoms with Gasteiger partial charge in [-0.3, -0.25) is 0 Å². The summed E-state index contributed by atoms with van der Waals surface area (Å²) in [7, 11) is -1.74. The van der Waals surface area contributed by atoms with Crippen molar-refractivity contribution >= 4 is 14.3 Å². The molecule has 5 heteroatoms. The lowest BCUT2D eigenvalue weighted by atomic mass is 10.1. The van der Waals surface area contributed by atoms with Crippen LogP contribution in [0.1, 0.15) is 54.4 Å². The monoisotopic (exact) mass is 304 g/mol. The summed E-state index contributed by atoms with van der Waals surface area (Å²) >= 11 is 0. The summed E-state index contributed by atoms with van der Waals surface area (Å²) in [5, 5.41) is 9.93. The molecule has 1 atom stereocenters. The number of aliphatic hydroxyl groups excluding tert-OH is 1. The predicted molar refractivity (Wildman–Crippen MR) is 84.2 cm³/mol. The lowest BCUT2D eigenvalue weighted by Crippen LogP contribution is -2.41. The second kappa shape index (κ2) is 7.05. The summed E-state index contributed by atoms with van der Waals surface area (Å²) in [5.41, 5.74) is -0.560. The molecule has 0 saturated carbocycles. The molecular weight excluding hydrogens is 272 g/mol. The van der Waals surface area contributed by atoms with Crippen LogP contribution in [0.15, 0.2) is 0 Å². The summed E-state index contributed by atoms with van der Waals surface area (Å²) in [6.07, 6.45) is -0.0200. The maximum absolute atomic E-state index is 11.6. The van der Waals surface area contributed by atoms with Gasteiger partial charge in [-0.2, -0.15) is 0 Å². The number of esters is 1. The molecule has 4 nitrogen and oxygen atoms in total. The van der Waals surface area contributed by atoms with Gasteiger partial charge in [-0.05, 0) is 51.7 Å². The van der Waals surface area contributed by atoms with Gasteiger partial charge in [0.05, 0.1) is 0 Å². The molecule has 120 valence electrons. The van der Waals surface area contributed by atoms with E-state index in [1.807, 2.05) is 0 Å². The summed E-state index contributed by atoms with van der Waals surface area (Å²) in [6, 6.07) is 0. The van der Waals surface area contributed by atoms with E-state index in [1.165, 1.54) is 0 Å². The molecule has 0 heterocycles. The Hall–Kier alpha value is -0.393. The highest BCUT2D eigenvalue weighted by atomic mass is 28.4. The molecule has 0 aromatic carbocycles. The highest BCUT2D eigenvalue weighted by molar-refractivity contribution is 6.74. The standard InChI is InChI=1S/C15H32O4Si/c1-14(2,3)19-13(17)12(16)10-9-11-18-20(7,8)15(4,5)6/h12,16H,9-11H2,1-8H3/t12-/m1/s1. The first-order valence-electron chi connectivity index (χ1n) is 7.31. The SMILES string of the molecule is CC(C)(C)OC(=O)[C@H](O)CCCO[Si](C)(C)C(C)(C)C. The highest BCUT2D eigenvalue weighted by Gasteiger charge is 2.36. The molecule has 0 aliphatic carbocycles. The molecule has 20 heavy (non-hydrogen) atoms. The van der Waals surface area contributed by atoms with Crippen LogP contribution < -0.4 is 0 Å². The number of carbonyl (C=O) groups is 1. The van der Waals surface area contributed by atoms with E-state index in [4.69, 9.17) is 9.16 Å². The lowest BCUT2D eigenvalue weighted by molar-refractivity contribution is -0.165. The van der Waals surface area contributed by atoms with Gasteiger partial charge >= 0.3 is 5.97 Å². The maximum Gasteiger partial charge on any atom is 0.335 e. The van der Waals surface area contributed by atoms with Crippen LogP contribution in [-0.4, -0.2) is 37.7 Å². The van der Waals surface area contributed by atoms with E-state index in [0.717, 1.165) is 0 Å². The van der Waals surface area contributed by atoms with E-state index in [-0.39, 0.29) is 5.04 Å². The predicted octanol–water partition coefficient (Wildman–Crippen LogP) is 3.49. The number of aliphatic hydroxyl groups is 1. The van der Waals surface area contributed by atoms with Crippen LogP contribution in [0.2, 0.25) is 18.1 Å². The van der Waals surface area contributed by atoms with Gasteiger partial charge in [0.25, 0.3) is 0 Å². The molecule has 0 radical (unpaired) electrons. The molecule has 0 amide bonds. The van der Waals surface area contributed by atoms with Crippen LogP contribution in [0.5, 0.6) is 0 Å². The van der Waals surface area contributed by atoms with Crippen LogP contribution in [0.4, 0.5) is 0 Å². The van der Waals surface area contributed by atoms with Crippen LogP contribution in [0.25, 0.3) is 0 Å². The summed E-state index contributed by atoms with van der Waals surface area (Å²) in [5.74, 6) is -0.551. The van der Waals surface area contributed by atoms with Gasteiger partial charge < -0.3 is 14.3 Å². The molecule has 0 bridgehead atoms. The van der Waals surface area contributed by atoms with Crippen molar-refractivity contribution in [3.05, 3.63) is 0 Å². The molecule has 0 aromatic heterocycles. The van der Waals surface area contributed by atoms with E-state index >= 15 is 0 Å². The molecular formula is C15H32O4Si. The summed E-state index contributed by atoms with van der Waals surface area (Å²) in [6.45, 7) is 16.9. The number of carbonyl (C=O) groups excluding carboxylic acids is 1. The van der Waals surface area contributed by atoms with Crippen molar-refractivity contribution in [1.29, 1.82) is 0 Å². The largest absolute Gasteiger partial charge is 0.458 e. The van der Waals surface area contributed by atoms with Crippen LogP contribution in [-0.2, 0) is 14.0 Å². The second-order valence-electron chi connectivity index (χ2n) is 7.80. The van der Waals surface area contributed by atoms with Crippen LogP contribution in [0.3, 0.4) is 0 Å². The second-order valence-corrected chi connectivity index (χ2v) is 12.6.